The molecule has 2 heterocycles. The van der Waals surface area contributed by atoms with E-state index in [9.17, 15) is 18.3 Å². The van der Waals surface area contributed by atoms with E-state index in [1.54, 1.807) is 42.7 Å². The minimum atomic E-state index is -4.32. The molecule has 1 aliphatic carbocycles. The van der Waals surface area contributed by atoms with Crippen molar-refractivity contribution in [3.63, 3.8) is 0 Å². The molecule has 2 fully saturated rings. The van der Waals surface area contributed by atoms with Crippen LogP contribution in [0.1, 0.15) is 44.1 Å². The molecule has 5 rings (SSSR count). The van der Waals surface area contributed by atoms with Gasteiger partial charge in [-0.1, -0.05) is 25.0 Å². The van der Waals surface area contributed by atoms with Gasteiger partial charge in [0.1, 0.15) is 5.75 Å². The van der Waals surface area contributed by atoms with E-state index in [0.29, 0.717) is 5.95 Å². The number of nitrogens with zero attached hydrogens (tertiary/aromatic N) is 3. The smallest absolute Gasteiger partial charge is 0.416 e. The molecule has 3 N–H and O–H groups in total. The van der Waals surface area contributed by atoms with Crippen LogP contribution >= 0.6 is 0 Å². The van der Waals surface area contributed by atoms with Crippen LogP contribution in [0.15, 0.2) is 60.9 Å². The molecular formula is C28H32F3N5O. The summed E-state index contributed by atoms with van der Waals surface area (Å²) in [5.41, 5.74) is 1.92. The molecule has 3 aromatic rings. The summed E-state index contributed by atoms with van der Waals surface area (Å²) in [7, 11) is 0. The standard InChI is InChI=1S/C28H32F3N5O/c29-28(30,31)21-10-12-23(13-11-21)36-14-4-6-22(18-36)34-25-8-1-2-9-26(25)35-27-32-16-20(17-33-27)19-5-3-7-24(37)15-19/h3,5,7,10-13,15-17,22,25-26,34,37H,1-2,4,6,8-9,14,18H2,(H,32,33,35)/t22-,25+,26+/m0/s1. The summed E-state index contributed by atoms with van der Waals surface area (Å²) in [6.45, 7) is 1.61. The number of nitrogens with one attached hydrogen (secondary N) is 2. The van der Waals surface area contributed by atoms with Crippen molar-refractivity contribution in [3.8, 4) is 16.9 Å². The van der Waals surface area contributed by atoms with Gasteiger partial charge in [-0.2, -0.15) is 13.2 Å². The van der Waals surface area contributed by atoms with Crippen LogP contribution in [0.3, 0.4) is 0 Å². The highest BCUT2D eigenvalue weighted by Crippen LogP contribution is 2.31. The summed E-state index contributed by atoms with van der Waals surface area (Å²) in [5.74, 6) is 0.785. The van der Waals surface area contributed by atoms with Crippen molar-refractivity contribution in [2.45, 2.75) is 62.8 Å². The van der Waals surface area contributed by atoms with E-state index in [1.807, 2.05) is 6.07 Å². The number of alkyl halides is 3. The van der Waals surface area contributed by atoms with Crippen molar-refractivity contribution < 1.29 is 18.3 Å². The van der Waals surface area contributed by atoms with Gasteiger partial charge in [0.15, 0.2) is 0 Å². The highest BCUT2D eigenvalue weighted by molar-refractivity contribution is 5.63. The molecule has 9 heteroatoms. The topological polar surface area (TPSA) is 73.3 Å². The van der Waals surface area contributed by atoms with Gasteiger partial charge in [0.2, 0.25) is 5.95 Å². The maximum atomic E-state index is 12.9. The SMILES string of the molecule is Oc1cccc(-c2cnc(N[C@@H]3CCCC[C@H]3N[C@H]3CCCN(c4ccc(C(F)(F)F)cc4)C3)nc2)c1. The van der Waals surface area contributed by atoms with Crippen molar-refractivity contribution in [3.05, 3.63) is 66.5 Å². The Bertz CT molecular complexity index is 1170. The van der Waals surface area contributed by atoms with Crippen LogP contribution in [0.5, 0.6) is 5.75 Å². The van der Waals surface area contributed by atoms with Gasteiger partial charge in [-0.25, -0.2) is 9.97 Å². The molecule has 0 amide bonds. The fraction of sp³-hybridized carbons (Fsp3) is 0.429. The lowest BCUT2D eigenvalue weighted by molar-refractivity contribution is -0.137. The van der Waals surface area contributed by atoms with Crippen LogP contribution in [-0.2, 0) is 6.18 Å². The number of hydrogen-bond acceptors (Lipinski definition) is 6. The van der Waals surface area contributed by atoms with Gasteiger partial charge in [0.05, 0.1) is 5.56 Å². The maximum absolute atomic E-state index is 12.9. The average molecular weight is 512 g/mol. The zero-order chi connectivity index (χ0) is 25.8. The van der Waals surface area contributed by atoms with Gasteiger partial charge in [-0.05, 0) is 67.6 Å². The molecule has 0 unspecified atom stereocenters. The predicted octanol–water partition coefficient (Wildman–Crippen LogP) is 5.85. The Kier molecular flexibility index (Phi) is 7.50. The van der Waals surface area contributed by atoms with Gasteiger partial charge in [0.25, 0.3) is 0 Å². The van der Waals surface area contributed by atoms with Crippen LogP contribution in [-0.4, -0.2) is 46.3 Å². The largest absolute Gasteiger partial charge is 0.508 e. The molecule has 0 bridgehead atoms. The van der Waals surface area contributed by atoms with E-state index in [-0.39, 0.29) is 23.9 Å². The molecule has 0 radical (unpaired) electrons. The first-order chi connectivity index (χ1) is 17.8. The number of benzene rings is 2. The second kappa shape index (κ2) is 11.0. The second-order valence-corrected chi connectivity index (χ2v) is 9.98. The fourth-order valence-electron chi connectivity index (χ4n) is 5.42. The van der Waals surface area contributed by atoms with E-state index in [4.69, 9.17) is 0 Å². The summed E-state index contributed by atoms with van der Waals surface area (Å²) in [4.78, 5) is 11.2. The number of phenols is 1. The Balaban J connectivity index is 1.20. The van der Waals surface area contributed by atoms with Crippen molar-refractivity contribution in [2.24, 2.45) is 0 Å². The van der Waals surface area contributed by atoms with Gasteiger partial charge < -0.3 is 20.6 Å². The molecule has 1 saturated heterocycles. The Morgan fingerprint density at radius 3 is 2.30 bits per heavy atom. The number of piperidine rings is 1. The van der Waals surface area contributed by atoms with Crippen LogP contribution in [0.4, 0.5) is 24.8 Å². The van der Waals surface area contributed by atoms with Gasteiger partial charge >= 0.3 is 6.18 Å². The second-order valence-electron chi connectivity index (χ2n) is 9.98. The van der Waals surface area contributed by atoms with Crippen LogP contribution in [0.25, 0.3) is 11.1 Å². The van der Waals surface area contributed by atoms with Crippen molar-refractivity contribution >= 4 is 11.6 Å². The Morgan fingerprint density at radius 1 is 0.865 bits per heavy atom. The molecule has 1 aliphatic heterocycles. The van der Waals surface area contributed by atoms with Crippen molar-refractivity contribution in [2.75, 3.05) is 23.3 Å². The highest BCUT2D eigenvalue weighted by Gasteiger charge is 2.32. The molecule has 0 spiro atoms. The third kappa shape index (κ3) is 6.33. The van der Waals surface area contributed by atoms with E-state index in [2.05, 4.69) is 25.5 Å². The molecule has 6 nitrogen and oxygen atoms in total. The Morgan fingerprint density at radius 2 is 1.59 bits per heavy atom. The third-order valence-corrected chi connectivity index (χ3v) is 7.34. The number of phenolic OH excluding ortho intramolecular Hbond substituents is 1. The van der Waals surface area contributed by atoms with Crippen LogP contribution < -0.4 is 15.5 Å². The van der Waals surface area contributed by atoms with E-state index in [0.717, 1.165) is 68.4 Å². The van der Waals surface area contributed by atoms with Crippen LogP contribution in [0, 0.1) is 0 Å². The molecule has 2 aromatic carbocycles. The Labute approximate surface area is 215 Å². The predicted molar refractivity (Wildman–Crippen MR) is 139 cm³/mol. The zero-order valence-corrected chi connectivity index (χ0v) is 20.6. The number of aromatic nitrogens is 2. The third-order valence-electron chi connectivity index (χ3n) is 7.34. The maximum Gasteiger partial charge on any atom is 0.416 e. The first-order valence-corrected chi connectivity index (χ1v) is 12.9. The number of halogens is 3. The lowest BCUT2D eigenvalue weighted by Crippen LogP contribution is -2.55. The molecule has 3 atom stereocenters. The monoisotopic (exact) mass is 511 g/mol. The quantitative estimate of drug-likeness (QED) is 0.386. The minimum Gasteiger partial charge on any atom is -0.508 e. The molecule has 1 saturated carbocycles. The average Bonchev–Trinajstić information content (AvgIpc) is 2.90. The summed E-state index contributed by atoms with van der Waals surface area (Å²) < 4.78 is 38.8. The first kappa shape index (κ1) is 25.3. The number of rotatable bonds is 6. The van der Waals surface area contributed by atoms with E-state index >= 15 is 0 Å². The summed E-state index contributed by atoms with van der Waals surface area (Å²) in [6.07, 6.45) is 5.60. The molecular weight excluding hydrogens is 479 g/mol. The fourth-order valence-corrected chi connectivity index (χ4v) is 5.42. The van der Waals surface area contributed by atoms with Crippen LogP contribution in [0.2, 0.25) is 0 Å². The molecule has 37 heavy (non-hydrogen) atoms. The normalized spacial score (nSPS) is 22.6. The molecule has 1 aromatic heterocycles. The summed E-state index contributed by atoms with van der Waals surface area (Å²) >= 11 is 0. The summed E-state index contributed by atoms with van der Waals surface area (Å²) in [6, 6.07) is 13.2. The highest BCUT2D eigenvalue weighted by atomic mass is 19.4. The zero-order valence-electron chi connectivity index (χ0n) is 20.6. The van der Waals surface area contributed by atoms with Gasteiger partial charge in [-0.15, -0.1) is 0 Å². The van der Waals surface area contributed by atoms with Gasteiger partial charge in [0, 0.05) is 54.9 Å². The van der Waals surface area contributed by atoms with Gasteiger partial charge in [-0.3, -0.25) is 0 Å². The van der Waals surface area contributed by atoms with Crippen molar-refractivity contribution in [1.82, 2.24) is 15.3 Å². The Hall–Kier alpha value is -3.33. The molecule has 2 aliphatic rings. The number of aromatic hydroxyl groups is 1. The lowest BCUT2D eigenvalue weighted by Gasteiger charge is -2.40. The summed E-state index contributed by atoms with van der Waals surface area (Å²) in [5, 5.41) is 17.1. The minimum absolute atomic E-state index is 0.196. The lowest BCUT2D eigenvalue weighted by atomic mass is 9.89. The first-order valence-electron chi connectivity index (χ1n) is 12.9. The number of hydrogen-bond donors (Lipinski definition) is 3. The van der Waals surface area contributed by atoms with E-state index in [1.165, 1.54) is 12.1 Å². The molecule has 196 valence electrons. The number of anilines is 2. The van der Waals surface area contributed by atoms with E-state index < -0.39 is 11.7 Å². The van der Waals surface area contributed by atoms with Crippen molar-refractivity contribution in [1.29, 1.82) is 0 Å².